The van der Waals surface area contributed by atoms with Gasteiger partial charge in [-0.2, -0.15) is 5.10 Å². The molecule has 1 saturated carbocycles. The summed E-state index contributed by atoms with van der Waals surface area (Å²) in [5.41, 5.74) is 4.46. The van der Waals surface area contributed by atoms with E-state index >= 15 is 0 Å². The number of amides is 1. The van der Waals surface area contributed by atoms with E-state index in [-0.39, 0.29) is 29.6 Å². The van der Waals surface area contributed by atoms with Crippen LogP contribution in [0.5, 0.6) is 0 Å². The summed E-state index contributed by atoms with van der Waals surface area (Å²) in [4.78, 5) is 32.8. The Balaban J connectivity index is 1.03. The average molecular weight is 537 g/mol. The summed E-state index contributed by atoms with van der Waals surface area (Å²) in [6.07, 6.45) is 11.2. The third-order valence-electron chi connectivity index (χ3n) is 9.04. The van der Waals surface area contributed by atoms with Crippen LogP contribution < -0.4 is 5.56 Å². The van der Waals surface area contributed by atoms with E-state index in [9.17, 15) is 14.7 Å². The molecule has 2 aliphatic carbocycles. The molecule has 0 spiro atoms. The second-order valence-corrected chi connectivity index (χ2v) is 11.8. The maximum atomic E-state index is 13.3. The van der Waals surface area contributed by atoms with Gasteiger partial charge in [0.1, 0.15) is 6.33 Å². The molecule has 8 heteroatoms. The number of fused-ring (bicyclic) bond motifs is 2. The Morgan fingerprint density at radius 3 is 2.67 bits per heavy atom. The smallest absolute Gasteiger partial charge is 0.296 e. The van der Waals surface area contributed by atoms with Gasteiger partial charge in [-0.15, -0.1) is 0 Å². The number of hydrogen-bond acceptors (Lipinski definition) is 5. The van der Waals surface area contributed by atoms with Crippen LogP contribution in [0.4, 0.5) is 0 Å². The Hall–Kier alpha value is -3.78. The molecule has 4 aromatic rings. The molecule has 1 saturated heterocycles. The summed E-state index contributed by atoms with van der Waals surface area (Å²) in [5, 5.41) is 15.9. The molecule has 1 atom stereocenters. The first kappa shape index (κ1) is 25.2. The second-order valence-electron chi connectivity index (χ2n) is 11.8. The summed E-state index contributed by atoms with van der Waals surface area (Å²) in [6, 6.07) is 16.7. The fraction of sp³-hybridized carbons (Fsp3) is 0.406. The maximum absolute atomic E-state index is 13.3. The third-order valence-corrected chi connectivity index (χ3v) is 9.04. The predicted octanol–water partition coefficient (Wildman–Crippen LogP) is 3.99. The summed E-state index contributed by atoms with van der Waals surface area (Å²) in [5.74, 6) is 1.00. The number of likely N-dealkylation sites (tertiary alicyclic amines) is 1. The molecule has 1 amide bonds. The number of piperidine rings is 1. The number of aryl methyl sites for hydroxylation is 1. The van der Waals surface area contributed by atoms with Gasteiger partial charge in [0.2, 0.25) is 11.6 Å². The van der Waals surface area contributed by atoms with Crippen molar-refractivity contribution >= 4 is 11.6 Å². The van der Waals surface area contributed by atoms with Crippen LogP contribution >= 0.6 is 0 Å². The van der Waals surface area contributed by atoms with Crippen molar-refractivity contribution in [1.82, 2.24) is 24.1 Å². The van der Waals surface area contributed by atoms with Crippen molar-refractivity contribution in [3.8, 4) is 11.3 Å². The van der Waals surface area contributed by atoms with Crippen molar-refractivity contribution in [1.29, 1.82) is 0 Å². The number of nitrogens with zero attached hydrogens (tertiary/aromatic N) is 5. The highest BCUT2D eigenvalue weighted by atomic mass is 16.3. The molecule has 8 nitrogen and oxygen atoms in total. The van der Waals surface area contributed by atoms with E-state index in [1.807, 2.05) is 29.2 Å². The lowest BCUT2D eigenvalue weighted by molar-refractivity contribution is -0.136. The van der Waals surface area contributed by atoms with E-state index in [1.165, 1.54) is 40.4 Å². The van der Waals surface area contributed by atoms with Crippen molar-refractivity contribution in [2.24, 2.45) is 5.92 Å². The van der Waals surface area contributed by atoms with Gasteiger partial charge in [-0.05, 0) is 79.5 Å². The number of benzene rings is 2. The van der Waals surface area contributed by atoms with Crippen molar-refractivity contribution < 1.29 is 9.90 Å². The summed E-state index contributed by atoms with van der Waals surface area (Å²) < 4.78 is 3.05. The third kappa shape index (κ3) is 4.74. The van der Waals surface area contributed by atoms with Crippen LogP contribution in [0.25, 0.3) is 16.9 Å². The van der Waals surface area contributed by atoms with Gasteiger partial charge in [0.25, 0.3) is 5.56 Å². The minimum absolute atomic E-state index is 0.128. The van der Waals surface area contributed by atoms with Crippen molar-refractivity contribution in [2.75, 3.05) is 13.1 Å². The Bertz CT molecular complexity index is 1610. The van der Waals surface area contributed by atoms with Crippen LogP contribution in [-0.2, 0) is 17.8 Å². The molecule has 1 aliphatic heterocycles. The van der Waals surface area contributed by atoms with Gasteiger partial charge < -0.3 is 10.0 Å². The van der Waals surface area contributed by atoms with E-state index in [2.05, 4.69) is 40.8 Å². The first-order chi connectivity index (χ1) is 19.5. The topological polar surface area (TPSA) is 92.7 Å². The quantitative estimate of drug-likeness (QED) is 0.386. The molecule has 1 N–H and O–H groups in total. The highest BCUT2D eigenvalue weighted by Gasteiger charge is 2.38. The van der Waals surface area contributed by atoms with Gasteiger partial charge in [0, 0.05) is 25.1 Å². The molecule has 7 rings (SSSR count). The molecular formula is C32H34N5O3. The van der Waals surface area contributed by atoms with E-state index in [0.29, 0.717) is 38.3 Å². The summed E-state index contributed by atoms with van der Waals surface area (Å²) >= 11 is 0. The Kier molecular flexibility index (Phi) is 6.30. The average Bonchev–Trinajstić information content (AvgIpc) is 3.54. The Morgan fingerprint density at radius 1 is 1.10 bits per heavy atom. The van der Waals surface area contributed by atoms with E-state index in [0.717, 1.165) is 24.1 Å². The van der Waals surface area contributed by atoms with Gasteiger partial charge >= 0.3 is 0 Å². The van der Waals surface area contributed by atoms with Crippen molar-refractivity contribution in [3.63, 3.8) is 0 Å². The molecule has 1 radical (unpaired) electrons. The molecule has 2 fully saturated rings. The van der Waals surface area contributed by atoms with Gasteiger partial charge in [-0.1, -0.05) is 42.5 Å². The zero-order valence-corrected chi connectivity index (χ0v) is 22.6. The monoisotopic (exact) mass is 536 g/mol. The van der Waals surface area contributed by atoms with Crippen LogP contribution in [0.3, 0.4) is 0 Å². The van der Waals surface area contributed by atoms with Gasteiger partial charge in [0.15, 0.2) is 0 Å². The number of imidazole rings is 1. The van der Waals surface area contributed by atoms with Crippen LogP contribution in [0, 0.1) is 12.3 Å². The summed E-state index contributed by atoms with van der Waals surface area (Å²) in [6.45, 7) is 1.09. The molecule has 0 bridgehead atoms. The number of rotatable bonds is 7. The molecular weight excluding hydrogens is 502 g/mol. The van der Waals surface area contributed by atoms with Crippen LogP contribution in [0.2, 0.25) is 0 Å². The number of carbonyl (C=O) groups is 1. The highest BCUT2D eigenvalue weighted by molar-refractivity contribution is 5.77. The summed E-state index contributed by atoms with van der Waals surface area (Å²) in [7, 11) is 0. The fourth-order valence-electron chi connectivity index (χ4n) is 6.50. The predicted molar refractivity (Wildman–Crippen MR) is 152 cm³/mol. The van der Waals surface area contributed by atoms with Crippen LogP contribution in [0.15, 0.2) is 65.8 Å². The molecule has 3 heterocycles. The fourth-order valence-corrected chi connectivity index (χ4v) is 6.50. The Labute approximate surface area is 233 Å². The largest absolute Gasteiger partial charge is 0.388 e. The number of hydrogen-bond donors (Lipinski definition) is 1. The van der Waals surface area contributed by atoms with E-state index in [4.69, 9.17) is 0 Å². The minimum Gasteiger partial charge on any atom is -0.388 e. The number of carbonyl (C=O) groups excluding carboxylic acids is 1. The first-order valence-electron chi connectivity index (χ1n) is 14.4. The zero-order chi connectivity index (χ0) is 27.3. The van der Waals surface area contributed by atoms with Gasteiger partial charge in [0.05, 0.1) is 24.0 Å². The standard InChI is InChI=1S/C32H34N5O3/c38-29(18-27(24-10-11-24)23-5-2-1-3-6-23)35-15-13-32(40,14-16-35)20-36-21-34-37-28(19-33-30(37)31(36)39)26-12-9-22-7-4-8-25(22)17-26/h1-3,5-7,9,12,17,19,21,24,27,40H,4,8,10-11,13-16,18,20H2. The zero-order valence-electron chi connectivity index (χ0n) is 22.6. The van der Waals surface area contributed by atoms with E-state index < -0.39 is 5.60 Å². The Morgan fingerprint density at radius 2 is 1.90 bits per heavy atom. The normalized spacial score (nSPS) is 19.1. The molecule has 40 heavy (non-hydrogen) atoms. The molecule has 1 unspecified atom stereocenters. The van der Waals surface area contributed by atoms with Gasteiger partial charge in [-0.25, -0.2) is 9.50 Å². The van der Waals surface area contributed by atoms with Crippen molar-refractivity contribution in [2.45, 2.75) is 63.0 Å². The first-order valence-corrected chi connectivity index (χ1v) is 14.4. The highest BCUT2D eigenvalue weighted by Crippen LogP contribution is 2.45. The van der Waals surface area contributed by atoms with Crippen LogP contribution in [0.1, 0.15) is 61.1 Å². The number of aliphatic hydroxyl groups is 1. The van der Waals surface area contributed by atoms with Gasteiger partial charge in [-0.3, -0.25) is 14.2 Å². The molecule has 205 valence electrons. The van der Waals surface area contributed by atoms with Crippen LogP contribution in [-0.4, -0.2) is 53.8 Å². The molecule has 2 aromatic heterocycles. The SMILES string of the molecule is O=C(CC(c1ccccc1)C1CC1)N1CCC(O)(Cn2cnn3c(-c4ccc5c(c4)CC[CH]5)cnc3c2=O)CC1. The maximum Gasteiger partial charge on any atom is 0.296 e. The lowest BCUT2D eigenvalue weighted by Gasteiger charge is -2.38. The van der Waals surface area contributed by atoms with Crippen molar-refractivity contribution in [3.05, 3.63) is 94.5 Å². The second kappa shape index (κ2) is 10.0. The lowest BCUT2D eigenvalue weighted by atomic mass is 9.88. The molecule has 2 aromatic carbocycles. The van der Waals surface area contributed by atoms with E-state index in [1.54, 1.807) is 10.7 Å². The molecule has 3 aliphatic rings. The minimum atomic E-state index is -1.08. The lowest BCUT2D eigenvalue weighted by Crippen LogP contribution is -2.50. The number of aromatic nitrogens is 4.